The smallest absolute Gasteiger partial charge is 0.326 e. The number of anilines is 1. The summed E-state index contributed by atoms with van der Waals surface area (Å²) in [6.07, 6.45) is 3.47. The second-order valence-corrected chi connectivity index (χ2v) is 4.52. The van der Waals surface area contributed by atoms with Gasteiger partial charge in [-0.15, -0.1) is 0 Å². The van der Waals surface area contributed by atoms with Crippen LogP contribution in [-0.4, -0.2) is 37.3 Å². The number of nitrogens with one attached hydrogen (secondary N) is 2. The molecule has 3 N–H and O–H groups in total. The average molecular weight is 249 g/mol. The number of fused-ring (bicyclic) bond motifs is 1. The van der Waals surface area contributed by atoms with Crippen LogP contribution in [0.25, 0.3) is 11.0 Å². The lowest BCUT2D eigenvalue weighted by molar-refractivity contribution is -0.138. The van der Waals surface area contributed by atoms with E-state index in [1.165, 1.54) is 6.33 Å². The topological polar surface area (TPSA) is 104 Å². The van der Waals surface area contributed by atoms with Gasteiger partial charge in [-0.2, -0.15) is 5.10 Å². The third-order valence-corrected chi connectivity index (χ3v) is 2.56. The minimum absolute atomic E-state index is 0.278. The maximum Gasteiger partial charge on any atom is 0.326 e. The molecule has 7 heteroatoms. The number of hydrogen-bond acceptors (Lipinski definition) is 5. The van der Waals surface area contributed by atoms with Crippen molar-refractivity contribution in [2.75, 3.05) is 5.32 Å². The van der Waals surface area contributed by atoms with Crippen molar-refractivity contribution < 1.29 is 9.90 Å². The fraction of sp³-hybridized carbons (Fsp3) is 0.455. The Hall–Kier alpha value is -2.18. The first-order valence-electron chi connectivity index (χ1n) is 5.71. The van der Waals surface area contributed by atoms with Gasteiger partial charge in [0.2, 0.25) is 0 Å². The highest BCUT2D eigenvalue weighted by Crippen LogP contribution is 2.18. The first-order chi connectivity index (χ1) is 8.58. The van der Waals surface area contributed by atoms with Crippen LogP contribution < -0.4 is 5.32 Å². The molecule has 0 aliphatic carbocycles. The zero-order valence-corrected chi connectivity index (χ0v) is 10.2. The van der Waals surface area contributed by atoms with Gasteiger partial charge in [0.15, 0.2) is 5.65 Å². The Bertz CT molecular complexity index is 551. The van der Waals surface area contributed by atoms with Crippen molar-refractivity contribution in [1.82, 2.24) is 20.2 Å². The van der Waals surface area contributed by atoms with Crippen molar-refractivity contribution in [3.05, 3.63) is 12.5 Å². The van der Waals surface area contributed by atoms with Crippen LogP contribution in [0.2, 0.25) is 0 Å². The van der Waals surface area contributed by atoms with Crippen molar-refractivity contribution in [2.24, 2.45) is 5.92 Å². The van der Waals surface area contributed by atoms with Gasteiger partial charge in [-0.25, -0.2) is 14.8 Å². The van der Waals surface area contributed by atoms with Gasteiger partial charge in [0.25, 0.3) is 0 Å². The summed E-state index contributed by atoms with van der Waals surface area (Å²) >= 11 is 0. The molecule has 0 amide bonds. The molecule has 0 spiro atoms. The standard InChI is InChI=1S/C11H15N5O2/c1-6(2)3-8(11(17)18)15-9-7-4-14-16-10(7)13-5-12-9/h4-6,8H,3H2,1-2H3,(H,17,18)(H2,12,13,14,15,16). The van der Waals surface area contributed by atoms with Crippen molar-refractivity contribution in [2.45, 2.75) is 26.3 Å². The molecule has 0 fully saturated rings. The third kappa shape index (κ3) is 2.55. The van der Waals surface area contributed by atoms with E-state index in [2.05, 4.69) is 25.5 Å². The number of nitrogens with zero attached hydrogens (tertiary/aromatic N) is 3. The van der Waals surface area contributed by atoms with E-state index in [0.717, 1.165) is 0 Å². The summed E-state index contributed by atoms with van der Waals surface area (Å²) < 4.78 is 0. The SMILES string of the molecule is CC(C)CC(Nc1ncnc2[nH]ncc12)C(=O)O. The number of carbonyl (C=O) groups is 1. The largest absolute Gasteiger partial charge is 0.480 e. The summed E-state index contributed by atoms with van der Waals surface area (Å²) in [7, 11) is 0. The second-order valence-electron chi connectivity index (χ2n) is 4.52. The van der Waals surface area contributed by atoms with Crippen LogP contribution in [0.1, 0.15) is 20.3 Å². The van der Waals surface area contributed by atoms with E-state index in [9.17, 15) is 9.90 Å². The molecular formula is C11H15N5O2. The van der Waals surface area contributed by atoms with Gasteiger partial charge in [0.1, 0.15) is 18.2 Å². The predicted octanol–water partition coefficient (Wildman–Crippen LogP) is 1.26. The molecule has 7 nitrogen and oxygen atoms in total. The molecule has 0 aliphatic heterocycles. The van der Waals surface area contributed by atoms with Gasteiger partial charge >= 0.3 is 5.97 Å². The Morgan fingerprint density at radius 3 is 2.94 bits per heavy atom. The lowest BCUT2D eigenvalue weighted by atomic mass is 10.0. The van der Waals surface area contributed by atoms with E-state index in [1.54, 1.807) is 6.20 Å². The molecule has 1 atom stereocenters. The number of carboxylic acid groups (broad SMARTS) is 1. The van der Waals surface area contributed by atoms with Crippen LogP contribution in [-0.2, 0) is 4.79 Å². The highest BCUT2D eigenvalue weighted by atomic mass is 16.4. The predicted molar refractivity (Wildman–Crippen MR) is 66.2 cm³/mol. The number of aliphatic carboxylic acids is 1. The summed E-state index contributed by atoms with van der Waals surface area (Å²) in [5, 5.41) is 19.4. The first kappa shape index (κ1) is 12.3. The van der Waals surface area contributed by atoms with Crippen LogP contribution in [0.5, 0.6) is 0 Å². The number of rotatable bonds is 5. The molecule has 0 bridgehead atoms. The zero-order valence-electron chi connectivity index (χ0n) is 10.2. The normalized spacial score (nSPS) is 12.8. The number of aromatic nitrogens is 4. The lowest BCUT2D eigenvalue weighted by Crippen LogP contribution is -2.31. The molecule has 0 saturated carbocycles. The summed E-state index contributed by atoms with van der Waals surface area (Å²) in [6.45, 7) is 3.95. The maximum absolute atomic E-state index is 11.2. The molecule has 1 unspecified atom stereocenters. The number of H-pyrrole nitrogens is 1. The van der Waals surface area contributed by atoms with E-state index in [0.29, 0.717) is 23.3 Å². The van der Waals surface area contributed by atoms with E-state index in [1.807, 2.05) is 13.8 Å². The van der Waals surface area contributed by atoms with E-state index >= 15 is 0 Å². The molecule has 0 radical (unpaired) electrons. The molecule has 2 aromatic rings. The van der Waals surface area contributed by atoms with E-state index in [-0.39, 0.29) is 5.92 Å². The van der Waals surface area contributed by atoms with Gasteiger partial charge in [0, 0.05) is 0 Å². The molecule has 2 aromatic heterocycles. The van der Waals surface area contributed by atoms with Gasteiger partial charge in [-0.05, 0) is 12.3 Å². The Morgan fingerprint density at radius 2 is 2.28 bits per heavy atom. The quantitative estimate of drug-likeness (QED) is 0.737. The summed E-state index contributed by atoms with van der Waals surface area (Å²) in [5.74, 6) is -0.124. The Kier molecular flexibility index (Phi) is 3.40. The third-order valence-electron chi connectivity index (χ3n) is 2.56. The van der Waals surface area contributed by atoms with Gasteiger partial charge in [-0.1, -0.05) is 13.8 Å². The molecule has 96 valence electrons. The van der Waals surface area contributed by atoms with Gasteiger partial charge in [0.05, 0.1) is 11.6 Å². The van der Waals surface area contributed by atoms with Crippen molar-refractivity contribution in [3.63, 3.8) is 0 Å². The van der Waals surface area contributed by atoms with Gasteiger partial charge in [-0.3, -0.25) is 5.10 Å². The number of carboxylic acids is 1. The van der Waals surface area contributed by atoms with Crippen molar-refractivity contribution in [1.29, 1.82) is 0 Å². The minimum Gasteiger partial charge on any atom is -0.480 e. The van der Waals surface area contributed by atoms with Gasteiger partial charge < -0.3 is 10.4 Å². The lowest BCUT2D eigenvalue weighted by Gasteiger charge is -2.17. The minimum atomic E-state index is -0.890. The fourth-order valence-electron chi connectivity index (χ4n) is 1.74. The summed E-state index contributed by atoms with van der Waals surface area (Å²) in [4.78, 5) is 19.2. The molecule has 0 saturated heterocycles. The number of hydrogen-bond donors (Lipinski definition) is 3. The summed E-state index contributed by atoms with van der Waals surface area (Å²) in [6, 6.07) is -0.669. The molecule has 0 aliphatic rings. The molecule has 2 heterocycles. The molecule has 2 rings (SSSR count). The second kappa shape index (κ2) is 4.99. The maximum atomic E-state index is 11.2. The molecular weight excluding hydrogens is 234 g/mol. The Labute approximate surface area is 104 Å². The van der Waals surface area contributed by atoms with E-state index < -0.39 is 12.0 Å². The highest BCUT2D eigenvalue weighted by Gasteiger charge is 2.20. The molecule has 0 aromatic carbocycles. The van der Waals surface area contributed by atoms with Crippen molar-refractivity contribution >= 4 is 22.8 Å². The zero-order chi connectivity index (χ0) is 13.1. The van der Waals surface area contributed by atoms with Crippen LogP contribution in [0.3, 0.4) is 0 Å². The monoisotopic (exact) mass is 249 g/mol. The van der Waals surface area contributed by atoms with Crippen LogP contribution >= 0.6 is 0 Å². The van der Waals surface area contributed by atoms with Crippen molar-refractivity contribution in [3.8, 4) is 0 Å². The van der Waals surface area contributed by atoms with Crippen LogP contribution in [0.15, 0.2) is 12.5 Å². The van der Waals surface area contributed by atoms with Crippen LogP contribution in [0.4, 0.5) is 5.82 Å². The first-order valence-corrected chi connectivity index (χ1v) is 5.71. The average Bonchev–Trinajstić information content (AvgIpc) is 2.76. The Morgan fingerprint density at radius 1 is 1.50 bits per heavy atom. The summed E-state index contributed by atoms with van der Waals surface area (Å²) in [5.41, 5.74) is 0.584. The highest BCUT2D eigenvalue weighted by molar-refractivity contribution is 5.88. The fourth-order valence-corrected chi connectivity index (χ4v) is 1.74. The van der Waals surface area contributed by atoms with E-state index in [4.69, 9.17) is 0 Å². The Balaban J connectivity index is 2.25. The number of aromatic amines is 1. The van der Waals surface area contributed by atoms with Crippen LogP contribution in [0, 0.1) is 5.92 Å². The molecule has 18 heavy (non-hydrogen) atoms.